The molecule has 1 aliphatic heterocycles. The Labute approximate surface area is 161 Å². The zero-order valence-electron chi connectivity index (χ0n) is 16.4. The van der Waals surface area contributed by atoms with Gasteiger partial charge in [-0.25, -0.2) is 0 Å². The highest BCUT2D eigenvalue weighted by Crippen LogP contribution is 2.26. The highest BCUT2D eigenvalue weighted by molar-refractivity contribution is 5.64. The summed E-state index contributed by atoms with van der Waals surface area (Å²) in [7, 11) is 0. The summed E-state index contributed by atoms with van der Waals surface area (Å²) in [5.41, 5.74) is 7.61. The molecule has 140 valence electrons. The second-order valence-corrected chi connectivity index (χ2v) is 7.67. The van der Waals surface area contributed by atoms with Gasteiger partial charge in [-0.15, -0.1) is 0 Å². The maximum atomic E-state index is 4.34. The zero-order valence-corrected chi connectivity index (χ0v) is 16.4. The van der Waals surface area contributed by atoms with Crippen LogP contribution < -0.4 is 4.90 Å². The van der Waals surface area contributed by atoms with Crippen molar-refractivity contribution >= 4 is 5.69 Å². The molecule has 1 unspecified atom stereocenters. The Morgan fingerprint density at radius 3 is 2.59 bits per heavy atom. The van der Waals surface area contributed by atoms with E-state index < -0.39 is 0 Å². The van der Waals surface area contributed by atoms with E-state index in [1.54, 1.807) is 0 Å². The second-order valence-electron chi connectivity index (χ2n) is 7.67. The van der Waals surface area contributed by atoms with E-state index >= 15 is 0 Å². The van der Waals surface area contributed by atoms with E-state index in [2.05, 4.69) is 89.3 Å². The summed E-state index contributed by atoms with van der Waals surface area (Å²) >= 11 is 0. The van der Waals surface area contributed by atoms with Crippen LogP contribution in [0.15, 0.2) is 54.7 Å². The van der Waals surface area contributed by atoms with Gasteiger partial charge in [0.25, 0.3) is 0 Å². The fourth-order valence-electron chi connectivity index (χ4n) is 3.90. The Balaban J connectivity index is 1.48. The maximum absolute atomic E-state index is 4.34. The van der Waals surface area contributed by atoms with Gasteiger partial charge in [0.15, 0.2) is 0 Å². The number of rotatable bonds is 4. The van der Waals surface area contributed by atoms with Gasteiger partial charge in [0, 0.05) is 49.0 Å². The first-order valence-electron chi connectivity index (χ1n) is 9.76. The van der Waals surface area contributed by atoms with Gasteiger partial charge in [0.05, 0.1) is 11.9 Å². The van der Waals surface area contributed by atoms with Crippen molar-refractivity contribution in [3.8, 4) is 11.3 Å². The molecule has 1 aliphatic rings. The minimum atomic E-state index is 0.501. The number of para-hydroxylation sites is 1. The Hall–Kier alpha value is -2.59. The summed E-state index contributed by atoms with van der Waals surface area (Å²) in [4.78, 5) is 5.05. The van der Waals surface area contributed by atoms with Crippen molar-refractivity contribution in [3.63, 3.8) is 0 Å². The monoisotopic (exact) mass is 360 g/mol. The first-order chi connectivity index (χ1) is 13.1. The molecule has 2 heterocycles. The molecule has 0 bridgehead atoms. The van der Waals surface area contributed by atoms with E-state index in [0.717, 1.165) is 31.9 Å². The molecule has 1 N–H and O–H groups in total. The largest absolute Gasteiger partial charge is 0.369 e. The number of anilines is 1. The molecule has 1 aromatic heterocycles. The average Bonchev–Trinajstić information content (AvgIpc) is 3.14. The minimum absolute atomic E-state index is 0.501. The molecule has 4 nitrogen and oxygen atoms in total. The Morgan fingerprint density at radius 2 is 1.85 bits per heavy atom. The number of piperazine rings is 1. The zero-order chi connectivity index (χ0) is 18.8. The molecule has 4 rings (SSSR count). The average molecular weight is 361 g/mol. The molecule has 1 atom stereocenters. The summed E-state index contributed by atoms with van der Waals surface area (Å²) in [6, 6.07) is 17.9. The second kappa shape index (κ2) is 7.57. The fraction of sp³-hybridized carbons (Fsp3) is 0.348. The molecular formula is C23H28N4. The first-order valence-corrected chi connectivity index (χ1v) is 9.76. The van der Waals surface area contributed by atoms with Gasteiger partial charge in [-0.05, 0) is 50.1 Å². The number of H-pyrrole nitrogens is 1. The molecule has 0 amide bonds. The van der Waals surface area contributed by atoms with Crippen molar-refractivity contribution in [1.29, 1.82) is 0 Å². The molecule has 1 saturated heterocycles. The summed E-state index contributed by atoms with van der Waals surface area (Å²) in [6.07, 6.45) is 1.99. The maximum Gasteiger partial charge on any atom is 0.0695 e. The van der Waals surface area contributed by atoms with E-state index in [1.807, 2.05) is 6.20 Å². The topological polar surface area (TPSA) is 35.2 Å². The number of aromatic nitrogens is 2. The predicted octanol–water partition coefficient (Wildman–Crippen LogP) is 4.40. The Morgan fingerprint density at radius 1 is 1.04 bits per heavy atom. The molecule has 3 aromatic rings. The van der Waals surface area contributed by atoms with Crippen LogP contribution in [-0.2, 0) is 6.54 Å². The van der Waals surface area contributed by atoms with E-state index in [-0.39, 0.29) is 0 Å². The molecular weight excluding hydrogens is 332 g/mol. The smallest absolute Gasteiger partial charge is 0.0695 e. The van der Waals surface area contributed by atoms with Crippen LogP contribution in [0.4, 0.5) is 5.69 Å². The first kappa shape index (κ1) is 17.8. The third-order valence-corrected chi connectivity index (χ3v) is 5.77. The molecule has 0 spiro atoms. The summed E-state index contributed by atoms with van der Waals surface area (Å²) in [5.74, 6) is 0. The van der Waals surface area contributed by atoms with Crippen molar-refractivity contribution in [1.82, 2.24) is 15.1 Å². The third kappa shape index (κ3) is 3.76. The van der Waals surface area contributed by atoms with Crippen LogP contribution in [-0.4, -0.2) is 40.8 Å². The number of benzene rings is 2. The van der Waals surface area contributed by atoms with Crippen LogP contribution in [0.2, 0.25) is 0 Å². The summed E-state index contributed by atoms with van der Waals surface area (Å²) in [6.45, 7) is 10.8. The van der Waals surface area contributed by atoms with Crippen molar-refractivity contribution < 1.29 is 0 Å². The van der Waals surface area contributed by atoms with Crippen molar-refractivity contribution in [3.05, 3.63) is 71.4 Å². The van der Waals surface area contributed by atoms with Crippen LogP contribution in [0.25, 0.3) is 11.3 Å². The minimum Gasteiger partial charge on any atom is -0.369 e. The number of aryl methyl sites for hydroxylation is 2. The van der Waals surface area contributed by atoms with E-state index in [0.29, 0.717) is 6.04 Å². The molecule has 0 aliphatic carbocycles. The van der Waals surface area contributed by atoms with Gasteiger partial charge in [-0.1, -0.05) is 30.3 Å². The highest BCUT2D eigenvalue weighted by Gasteiger charge is 2.25. The molecule has 0 radical (unpaired) electrons. The normalized spacial score (nSPS) is 18.0. The lowest BCUT2D eigenvalue weighted by Gasteiger charge is -2.41. The summed E-state index contributed by atoms with van der Waals surface area (Å²) in [5, 5.41) is 7.56. The van der Waals surface area contributed by atoms with Crippen molar-refractivity contribution in [2.45, 2.75) is 33.4 Å². The fourth-order valence-corrected chi connectivity index (χ4v) is 3.90. The Kier molecular flexibility index (Phi) is 4.99. The van der Waals surface area contributed by atoms with Crippen LogP contribution in [0.5, 0.6) is 0 Å². The lowest BCUT2D eigenvalue weighted by Crippen LogP contribution is -2.51. The quantitative estimate of drug-likeness (QED) is 0.749. The molecule has 1 fully saturated rings. The van der Waals surface area contributed by atoms with Crippen LogP contribution >= 0.6 is 0 Å². The molecule has 27 heavy (non-hydrogen) atoms. The molecule has 2 aromatic carbocycles. The van der Waals surface area contributed by atoms with Gasteiger partial charge in [-0.3, -0.25) is 10.00 Å². The third-order valence-electron chi connectivity index (χ3n) is 5.77. The van der Waals surface area contributed by atoms with Crippen LogP contribution in [0, 0.1) is 13.8 Å². The lowest BCUT2D eigenvalue weighted by atomic mass is 10.0. The number of hydrogen-bond acceptors (Lipinski definition) is 3. The number of aromatic amines is 1. The van der Waals surface area contributed by atoms with Crippen molar-refractivity contribution in [2.75, 3.05) is 24.5 Å². The van der Waals surface area contributed by atoms with Crippen LogP contribution in [0.3, 0.4) is 0 Å². The lowest BCUT2D eigenvalue weighted by molar-refractivity contribution is 0.181. The van der Waals surface area contributed by atoms with Gasteiger partial charge >= 0.3 is 0 Å². The number of nitrogens with zero attached hydrogens (tertiary/aromatic N) is 3. The van der Waals surface area contributed by atoms with Crippen LogP contribution in [0.1, 0.15) is 23.6 Å². The van der Waals surface area contributed by atoms with Gasteiger partial charge in [0.2, 0.25) is 0 Å². The predicted molar refractivity (Wildman–Crippen MR) is 112 cm³/mol. The van der Waals surface area contributed by atoms with E-state index in [4.69, 9.17) is 0 Å². The summed E-state index contributed by atoms with van der Waals surface area (Å²) < 4.78 is 0. The highest BCUT2D eigenvalue weighted by atomic mass is 15.3. The molecule has 0 saturated carbocycles. The SMILES string of the molecule is Cc1ccc(-c2[nH]ncc2CN2CCN(c3ccccc3)CC2C)cc1C. The number of nitrogens with one attached hydrogen (secondary N) is 1. The van der Waals surface area contributed by atoms with Crippen molar-refractivity contribution in [2.24, 2.45) is 0 Å². The van der Waals surface area contributed by atoms with E-state index in [9.17, 15) is 0 Å². The van der Waals surface area contributed by atoms with Gasteiger partial charge < -0.3 is 4.90 Å². The number of hydrogen-bond donors (Lipinski definition) is 1. The van der Waals surface area contributed by atoms with Gasteiger partial charge in [-0.2, -0.15) is 5.10 Å². The molecule has 4 heteroatoms. The van der Waals surface area contributed by atoms with E-state index in [1.165, 1.54) is 27.9 Å². The van der Waals surface area contributed by atoms with Gasteiger partial charge in [0.1, 0.15) is 0 Å². The Bertz CT molecular complexity index is 900. The standard InChI is InChI=1S/C23H28N4/c1-17-9-10-20(13-18(17)2)23-21(14-24-25-23)16-26-11-12-27(15-19(26)3)22-7-5-4-6-8-22/h4-10,13-14,19H,11-12,15-16H2,1-3H3,(H,24,25).